The molecule has 0 bridgehead atoms. The highest BCUT2D eigenvalue weighted by Gasteiger charge is 2.03. The van der Waals surface area contributed by atoms with Gasteiger partial charge in [-0.3, -0.25) is 0 Å². The molecule has 0 unspecified atom stereocenters. The van der Waals surface area contributed by atoms with Crippen molar-refractivity contribution in [3.63, 3.8) is 0 Å². The highest BCUT2D eigenvalue weighted by molar-refractivity contribution is 5.98. The van der Waals surface area contributed by atoms with E-state index >= 15 is 0 Å². The molecule has 0 fully saturated rings. The van der Waals surface area contributed by atoms with Crippen molar-refractivity contribution in [1.82, 2.24) is 0 Å². The first kappa shape index (κ1) is 14.9. The molecule has 0 aromatic heterocycles. The zero-order chi connectivity index (χ0) is 15.7. The number of nitrogens with one attached hydrogen (secondary N) is 1. The molecule has 0 spiro atoms. The fourth-order valence-corrected chi connectivity index (χ4v) is 2.11. The fraction of sp³-hybridized carbons (Fsp3) is 0.0500. The molecule has 0 saturated carbocycles. The van der Waals surface area contributed by atoms with Crippen LogP contribution < -0.4 is 10.1 Å². The Morgan fingerprint density at radius 2 is 1.30 bits per heavy atom. The second kappa shape index (κ2) is 7.80. The van der Waals surface area contributed by atoms with E-state index < -0.39 is 0 Å². The third-order valence-electron chi connectivity index (χ3n) is 3.20. The first-order valence-electron chi connectivity index (χ1n) is 7.53. The van der Waals surface area contributed by atoms with E-state index in [2.05, 4.69) is 10.3 Å². The third kappa shape index (κ3) is 4.71. The molecule has 23 heavy (non-hydrogen) atoms. The topological polar surface area (TPSA) is 33.6 Å². The number of aliphatic imine (C=N–C) groups is 1. The molecule has 3 heteroatoms. The predicted octanol–water partition coefficient (Wildman–Crippen LogP) is 4.91. The van der Waals surface area contributed by atoms with E-state index in [1.807, 2.05) is 91.0 Å². The highest BCUT2D eigenvalue weighted by Crippen LogP contribution is 2.14. The van der Waals surface area contributed by atoms with Gasteiger partial charge in [-0.2, -0.15) is 0 Å². The van der Waals surface area contributed by atoms with E-state index in [1.54, 1.807) is 0 Å². The third-order valence-corrected chi connectivity index (χ3v) is 3.20. The first-order chi connectivity index (χ1) is 11.4. The Kier molecular flexibility index (Phi) is 5.04. The van der Waals surface area contributed by atoms with E-state index in [-0.39, 0.29) is 0 Å². The van der Waals surface area contributed by atoms with Gasteiger partial charge in [0, 0.05) is 5.69 Å². The maximum Gasteiger partial charge on any atom is 0.146 e. The zero-order valence-corrected chi connectivity index (χ0v) is 12.7. The summed E-state index contributed by atoms with van der Waals surface area (Å²) in [5, 5.41) is 3.32. The lowest BCUT2D eigenvalue weighted by Gasteiger charge is -2.12. The van der Waals surface area contributed by atoms with Crippen LogP contribution in [0.3, 0.4) is 0 Å². The Hall–Kier alpha value is -3.07. The van der Waals surface area contributed by atoms with Crippen molar-refractivity contribution < 1.29 is 4.74 Å². The molecule has 3 rings (SSSR count). The summed E-state index contributed by atoms with van der Waals surface area (Å²) in [6.45, 7) is 0.369. The summed E-state index contributed by atoms with van der Waals surface area (Å²) >= 11 is 0. The van der Waals surface area contributed by atoms with Gasteiger partial charge in [-0.05, 0) is 36.4 Å². The first-order valence-corrected chi connectivity index (χ1v) is 7.53. The maximum absolute atomic E-state index is 5.82. The van der Waals surface area contributed by atoms with Crippen molar-refractivity contribution >= 4 is 17.2 Å². The second-order valence-corrected chi connectivity index (χ2v) is 4.99. The molecule has 1 N–H and O–H groups in total. The molecule has 3 nitrogen and oxygen atoms in total. The molecule has 0 aliphatic carbocycles. The fourth-order valence-electron chi connectivity index (χ4n) is 2.11. The summed E-state index contributed by atoms with van der Waals surface area (Å²) in [4.78, 5) is 4.65. The summed E-state index contributed by atoms with van der Waals surface area (Å²) in [5.74, 6) is 1.58. The zero-order valence-electron chi connectivity index (χ0n) is 12.7. The number of rotatable bonds is 5. The van der Waals surface area contributed by atoms with Gasteiger partial charge in [0.1, 0.15) is 18.2 Å². The van der Waals surface area contributed by atoms with E-state index in [1.165, 1.54) is 0 Å². The molecular weight excluding hydrogens is 284 g/mol. The van der Waals surface area contributed by atoms with E-state index in [0.717, 1.165) is 23.0 Å². The van der Waals surface area contributed by atoms with Crippen molar-refractivity contribution in [1.29, 1.82) is 0 Å². The molecule has 0 atom stereocenters. The standard InChI is InChI=1S/C20H18N2O/c1-4-10-17(11-5-1)21-20(22-18-12-6-2-7-13-18)16-23-19-14-8-3-9-15-19/h1-15H,16H2,(H,21,22). The SMILES string of the molecule is c1ccc(N=C(COc2ccccc2)Nc2ccccc2)cc1. The number of para-hydroxylation sites is 3. The largest absolute Gasteiger partial charge is 0.486 e. The number of hydrogen-bond acceptors (Lipinski definition) is 2. The lowest BCUT2D eigenvalue weighted by atomic mass is 10.3. The van der Waals surface area contributed by atoms with Gasteiger partial charge in [-0.15, -0.1) is 0 Å². The van der Waals surface area contributed by atoms with E-state index in [4.69, 9.17) is 4.74 Å². The van der Waals surface area contributed by atoms with E-state index in [9.17, 15) is 0 Å². The Morgan fingerprint density at radius 3 is 1.96 bits per heavy atom. The molecule has 0 aliphatic heterocycles. The van der Waals surface area contributed by atoms with Crippen molar-refractivity contribution in [2.75, 3.05) is 11.9 Å². The maximum atomic E-state index is 5.82. The van der Waals surface area contributed by atoms with Gasteiger partial charge in [0.15, 0.2) is 0 Å². The molecule has 114 valence electrons. The number of anilines is 1. The van der Waals surface area contributed by atoms with Crippen LogP contribution in [0.15, 0.2) is 96.0 Å². The van der Waals surface area contributed by atoms with Crippen LogP contribution in [0.2, 0.25) is 0 Å². The Morgan fingerprint density at radius 1 is 0.739 bits per heavy atom. The summed E-state index contributed by atoms with van der Waals surface area (Å²) in [5.41, 5.74) is 1.88. The summed E-state index contributed by atoms with van der Waals surface area (Å²) in [7, 11) is 0. The summed E-state index contributed by atoms with van der Waals surface area (Å²) in [6, 6.07) is 29.6. The Bertz CT molecular complexity index is 740. The van der Waals surface area contributed by atoms with Crippen molar-refractivity contribution in [2.45, 2.75) is 0 Å². The normalized spacial score (nSPS) is 11.0. The lowest BCUT2D eigenvalue weighted by Crippen LogP contribution is -2.20. The molecule has 3 aromatic rings. The van der Waals surface area contributed by atoms with Crippen LogP contribution in [0.25, 0.3) is 0 Å². The highest BCUT2D eigenvalue weighted by atomic mass is 16.5. The van der Waals surface area contributed by atoms with Crippen LogP contribution in [0, 0.1) is 0 Å². The minimum Gasteiger partial charge on any atom is -0.486 e. The molecule has 0 radical (unpaired) electrons. The molecule has 3 aromatic carbocycles. The van der Waals surface area contributed by atoms with E-state index in [0.29, 0.717) is 6.61 Å². The van der Waals surface area contributed by atoms with Crippen LogP contribution in [0.5, 0.6) is 5.75 Å². The molecular formula is C20H18N2O. The molecule has 0 aliphatic rings. The minimum atomic E-state index is 0.369. The lowest BCUT2D eigenvalue weighted by molar-refractivity contribution is 0.376. The Balaban J connectivity index is 1.77. The summed E-state index contributed by atoms with van der Waals surface area (Å²) < 4.78 is 5.82. The number of nitrogens with zero attached hydrogens (tertiary/aromatic N) is 1. The van der Waals surface area contributed by atoms with Gasteiger partial charge in [-0.25, -0.2) is 4.99 Å². The number of ether oxygens (including phenoxy) is 1. The second-order valence-electron chi connectivity index (χ2n) is 4.99. The smallest absolute Gasteiger partial charge is 0.146 e. The van der Waals surface area contributed by atoms with Crippen molar-refractivity contribution in [3.8, 4) is 5.75 Å². The Labute approximate surface area is 136 Å². The van der Waals surface area contributed by atoms with Crippen LogP contribution in [-0.4, -0.2) is 12.4 Å². The van der Waals surface area contributed by atoms with Crippen LogP contribution in [0.1, 0.15) is 0 Å². The van der Waals surface area contributed by atoms with Crippen molar-refractivity contribution in [2.24, 2.45) is 4.99 Å². The summed E-state index contributed by atoms with van der Waals surface area (Å²) in [6.07, 6.45) is 0. The van der Waals surface area contributed by atoms with Gasteiger partial charge in [0.2, 0.25) is 0 Å². The van der Waals surface area contributed by atoms with Gasteiger partial charge in [0.05, 0.1) is 5.69 Å². The van der Waals surface area contributed by atoms with Crippen molar-refractivity contribution in [3.05, 3.63) is 91.0 Å². The molecule has 0 heterocycles. The quantitative estimate of drug-likeness (QED) is 0.537. The number of amidine groups is 1. The van der Waals surface area contributed by atoms with Crippen LogP contribution >= 0.6 is 0 Å². The van der Waals surface area contributed by atoms with Gasteiger partial charge in [-0.1, -0.05) is 54.6 Å². The predicted molar refractivity (Wildman–Crippen MR) is 95.5 cm³/mol. The average Bonchev–Trinajstić information content (AvgIpc) is 2.62. The monoisotopic (exact) mass is 302 g/mol. The number of hydrogen-bond donors (Lipinski definition) is 1. The van der Waals surface area contributed by atoms with Crippen LogP contribution in [-0.2, 0) is 0 Å². The number of benzene rings is 3. The molecule has 0 amide bonds. The average molecular weight is 302 g/mol. The van der Waals surface area contributed by atoms with Gasteiger partial charge >= 0.3 is 0 Å². The van der Waals surface area contributed by atoms with Gasteiger partial charge in [0.25, 0.3) is 0 Å². The van der Waals surface area contributed by atoms with Gasteiger partial charge < -0.3 is 10.1 Å². The van der Waals surface area contributed by atoms with Crippen LogP contribution in [0.4, 0.5) is 11.4 Å². The minimum absolute atomic E-state index is 0.369. The molecule has 0 saturated heterocycles.